The standard InChI is InChI=1S/C15H16N4O2/c1-18-9-7-11(8-10-18)14-13(15(20)21)16-17-19(14)12-5-3-2-4-6-12/h2-7H,8-10H2,1H3,(H,20,21). The second-order valence-electron chi connectivity index (χ2n) is 5.08. The number of hydrogen-bond acceptors (Lipinski definition) is 4. The molecule has 0 spiro atoms. The van der Waals surface area contributed by atoms with Gasteiger partial charge < -0.3 is 10.0 Å². The van der Waals surface area contributed by atoms with E-state index >= 15 is 0 Å². The first-order valence-electron chi connectivity index (χ1n) is 6.79. The quantitative estimate of drug-likeness (QED) is 0.928. The number of carboxylic acids is 1. The van der Waals surface area contributed by atoms with E-state index in [0.29, 0.717) is 5.69 Å². The Morgan fingerprint density at radius 2 is 2.05 bits per heavy atom. The van der Waals surface area contributed by atoms with Gasteiger partial charge in [-0.15, -0.1) is 5.10 Å². The zero-order valence-corrected chi connectivity index (χ0v) is 11.7. The van der Waals surface area contributed by atoms with Crippen LogP contribution >= 0.6 is 0 Å². The van der Waals surface area contributed by atoms with E-state index in [2.05, 4.69) is 15.2 Å². The maximum absolute atomic E-state index is 11.4. The van der Waals surface area contributed by atoms with Crippen LogP contribution in [-0.2, 0) is 0 Å². The highest BCUT2D eigenvalue weighted by Crippen LogP contribution is 2.26. The van der Waals surface area contributed by atoms with E-state index in [0.717, 1.165) is 30.8 Å². The van der Waals surface area contributed by atoms with E-state index in [1.807, 2.05) is 43.5 Å². The van der Waals surface area contributed by atoms with Gasteiger partial charge in [0.15, 0.2) is 5.69 Å². The molecule has 0 saturated heterocycles. The third kappa shape index (κ3) is 2.57. The summed E-state index contributed by atoms with van der Waals surface area (Å²) in [5.41, 5.74) is 2.39. The maximum Gasteiger partial charge on any atom is 0.358 e. The average molecular weight is 284 g/mol. The first-order chi connectivity index (χ1) is 10.2. The van der Waals surface area contributed by atoms with Crippen LogP contribution in [0.5, 0.6) is 0 Å². The van der Waals surface area contributed by atoms with Crippen molar-refractivity contribution >= 4 is 11.5 Å². The smallest absolute Gasteiger partial charge is 0.358 e. The first kappa shape index (κ1) is 13.5. The second kappa shape index (κ2) is 5.49. The zero-order chi connectivity index (χ0) is 14.8. The van der Waals surface area contributed by atoms with Gasteiger partial charge in [-0.3, -0.25) is 0 Å². The van der Waals surface area contributed by atoms with Crippen molar-refractivity contribution in [2.45, 2.75) is 6.42 Å². The van der Waals surface area contributed by atoms with Crippen LogP contribution in [-0.4, -0.2) is 51.1 Å². The lowest BCUT2D eigenvalue weighted by molar-refractivity contribution is 0.0690. The Morgan fingerprint density at radius 1 is 1.29 bits per heavy atom. The number of aromatic nitrogens is 3. The molecular weight excluding hydrogens is 268 g/mol. The summed E-state index contributed by atoms with van der Waals surface area (Å²) in [4.78, 5) is 13.6. The van der Waals surface area contributed by atoms with Crippen molar-refractivity contribution in [2.24, 2.45) is 0 Å². The van der Waals surface area contributed by atoms with Crippen molar-refractivity contribution in [3.05, 3.63) is 47.8 Å². The predicted molar refractivity (Wildman–Crippen MR) is 78.4 cm³/mol. The largest absolute Gasteiger partial charge is 0.476 e. The van der Waals surface area contributed by atoms with Crippen LogP contribution in [0.2, 0.25) is 0 Å². The first-order valence-corrected chi connectivity index (χ1v) is 6.79. The van der Waals surface area contributed by atoms with E-state index in [1.165, 1.54) is 0 Å². The van der Waals surface area contributed by atoms with Gasteiger partial charge in [0.25, 0.3) is 0 Å². The molecule has 1 aromatic heterocycles. The van der Waals surface area contributed by atoms with E-state index in [1.54, 1.807) is 4.68 Å². The van der Waals surface area contributed by atoms with E-state index in [9.17, 15) is 9.90 Å². The molecule has 0 radical (unpaired) electrons. The highest BCUT2D eigenvalue weighted by Gasteiger charge is 2.24. The molecule has 1 aromatic carbocycles. The van der Waals surface area contributed by atoms with Crippen LogP contribution in [0.4, 0.5) is 0 Å². The van der Waals surface area contributed by atoms with Crippen molar-refractivity contribution in [3.8, 4) is 5.69 Å². The molecule has 2 aromatic rings. The molecule has 2 heterocycles. The van der Waals surface area contributed by atoms with Crippen molar-refractivity contribution in [1.82, 2.24) is 19.9 Å². The summed E-state index contributed by atoms with van der Waals surface area (Å²) in [6.45, 7) is 1.69. The van der Waals surface area contributed by atoms with Gasteiger partial charge in [-0.2, -0.15) is 0 Å². The number of aromatic carboxylic acids is 1. The topological polar surface area (TPSA) is 71.2 Å². The van der Waals surface area contributed by atoms with Gasteiger partial charge in [0.1, 0.15) is 5.69 Å². The van der Waals surface area contributed by atoms with Crippen molar-refractivity contribution in [3.63, 3.8) is 0 Å². The molecule has 6 heteroatoms. The number of para-hydroxylation sites is 1. The van der Waals surface area contributed by atoms with Crippen LogP contribution in [0.25, 0.3) is 11.3 Å². The number of nitrogens with zero attached hydrogens (tertiary/aromatic N) is 4. The summed E-state index contributed by atoms with van der Waals surface area (Å²) in [5.74, 6) is -1.05. The second-order valence-corrected chi connectivity index (χ2v) is 5.08. The molecule has 6 nitrogen and oxygen atoms in total. The van der Waals surface area contributed by atoms with Crippen LogP contribution in [0.1, 0.15) is 22.6 Å². The Morgan fingerprint density at radius 3 is 2.67 bits per heavy atom. The lowest BCUT2D eigenvalue weighted by atomic mass is 10.0. The number of carboxylic acid groups (broad SMARTS) is 1. The summed E-state index contributed by atoms with van der Waals surface area (Å²) in [6.07, 6.45) is 2.84. The van der Waals surface area contributed by atoms with Gasteiger partial charge in [0, 0.05) is 13.1 Å². The summed E-state index contributed by atoms with van der Waals surface area (Å²) in [6, 6.07) is 9.47. The SMILES string of the molecule is CN1CC=C(c2c(C(=O)O)nnn2-c2ccccc2)CC1. The number of hydrogen-bond donors (Lipinski definition) is 1. The highest BCUT2D eigenvalue weighted by atomic mass is 16.4. The normalized spacial score (nSPS) is 15.8. The fourth-order valence-electron chi connectivity index (χ4n) is 2.45. The Labute approximate surface area is 122 Å². The fourth-order valence-corrected chi connectivity index (χ4v) is 2.45. The molecule has 0 bridgehead atoms. The molecule has 0 amide bonds. The van der Waals surface area contributed by atoms with Crippen LogP contribution in [0.3, 0.4) is 0 Å². The molecule has 1 aliphatic rings. The van der Waals surface area contributed by atoms with Crippen LogP contribution < -0.4 is 0 Å². The van der Waals surface area contributed by atoms with Crippen molar-refractivity contribution < 1.29 is 9.90 Å². The van der Waals surface area contributed by atoms with Gasteiger partial charge in [-0.1, -0.05) is 29.5 Å². The molecule has 3 rings (SSSR count). The molecule has 0 unspecified atom stereocenters. The number of rotatable bonds is 3. The molecule has 108 valence electrons. The molecule has 0 fully saturated rings. The monoisotopic (exact) mass is 284 g/mol. The van der Waals surface area contributed by atoms with Crippen LogP contribution in [0.15, 0.2) is 36.4 Å². The Hall–Kier alpha value is -2.47. The van der Waals surface area contributed by atoms with Gasteiger partial charge in [-0.25, -0.2) is 9.48 Å². The minimum absolute atomic E-state index is 0.00894. The fraction of sp³-hybridized carbons (Fsp3) is 0.267. The maximum atomic E-state index is 11.4. The third-order valence-electron chi connectivity index (χ3n) is 3.59. The molecule has 0 aliphatic carbocycles. The average Bonchev–Trinajstić information content (AvgIpc) is 2.94. The Balaban J connectivity index is 2.12. The van der Waals surface area contributed by atoms with Gasteiger partial charge in [-0.05, 0) is 31.2 Å². The highest BCUT2D eigenvalue weighted by molar-refractivity contribution is 5.91. The summed E-state index contributed by atoms with van der Waals surface area (Å²) >= 11 is 0. The van der Waals surface area contributed by atoms with Gasteiger partial charge in [0.2, 0.25) is 0 Å². The van der Waals surface area contributed by atoms with Crippen molar-refractivity contribution in [1.29, 1.82) is 0 Å². The lowest BCUT2D eigenvalue weighted by Gasteiger charge is -2.22. The molecular formula is C15H16N4O2. The number of carbonyl (C=O) groups is 1. The lowest BCUT2D eigenvalue weighted by Crippen LogP contribution is -2.24. The minimum atomic E-state index is -1.05. The van der Waals surface area contributed by atoms with Gasteiger partial charge in [0.05, 0.1) is 5.69 Å². The Kier molecular flexibility index (Phi) is 3.53. The molecule has 0 saturated carbocycles. The van der Waals surface area contributed by atoms with E-state index in [4.69, 9.17) is 0 Å². The zero-order valence-electron chi connectivity index (χ0n) is 11.7. The number of benzene rings is 1. The van der Waals surface area contributed by atoms with E-state index in [-0.39, 0.29) is 5.69 Å². The van der Waals surface area contributed by atoms with Crippen molar-refractivity contribution in [2.75, 3.05) is 20.1 Å². The minimum Gasteiger partial charge on any atom is -0.476 e. The molecule has 0 atom stereocenters. The molecule has 1 N–H and O–H groups in total. The molecule has 21 heavy (non-hydrogen) atoms. The number of likely N-dealkylation sites (N-methyl/N-ethyl adjacent to an activating group) is 1. The summed E-state index contributed by atoms with van der Waals surface area (Å²) < 4.78 is 1.61. The summed E-state index contributed by atoms with van der Waals surface area (Å²) in [7, 11) is 2.04. The van der Waals surface area contributed by atoms with E-state index < -0.39 is 5.97 Å². The van der Waals surface area contributed by atoms with Crippen LogP contribution in [0, 0.1) is 0 Å². The predicted octanol–water partition coefficient (Wildman–Crippen LogP) is 1.68. The summed E-state index contributed by atoms with van der Waals surface area (Å²) in [5, 5.41) is 17.2. The molecule has 1 aliphatic heterocycles. The van der Waals surface area contributed by atoms with Gasteiger partial charge >= 0.3 is 5.97 Å². The third-order valence-corrected chi connectivity index (χ3v) is 3.59. The Bertz CT molecular complexity index is 691.